The van der Waals surface area contributed by atoms with E-state index in [9.17, 15) is 0 Å². The van der Waals surface area contributed by atoms with Crippen LogP contribution in [-0.4, -0.2) is 31.4 Å². The van der Waals surface area contributed by atoms with E-state index in [1.807, 2.05) is 30.3 Å². The average molecular weight is 426 g/mol. The predicted octanol–water partition coefficient (Wildman–Crippen LogP) is 5.03. The van der Waals surface area contributed by atoms with Gasteiger partial charge in [0.15, 0.2) is 11.5 Å². The number of benzene rings is 2. The maximum absolute atomic E-state index is 6.44. The topological polar surface area (TPSA) is 39.7 Å². The molecule has 27 heavy (non-hydrogen) atoms. The van der Waals surface area contributed by atoms with Gasteiger partial charge < -0.3 is 19.5 Å². The first-order chi connectivity index (χ1) is 13.1. The molecule has 0 spiro atoms. The molecule has 1 aliphatic heterocycles. The highest BCUT2D eigenvalue weighted by atomic mass is 35.5. The molecule has 2 aromatic rings. The van der Waals surface area contributed by atoms with Crippen molar-refractivity contribution >= 4 is 40.4 Å². The van der Waals surface area contributed by atoms with Crippen molar-refractivity contribution in [3.8, 4) is 11.5 Å². The summed E-state index contributed by atoms with van der Waals surface area (Å²) in [5.74, 6) is 0.982. The molecule has 144 valence electrons. The van der Waals surface area contributed by atoms with Gasteiger partial charge in [-0.3, -0.25) is 0 Å². The molecule has 3 rings (SSSR count). The van der Waals surface area contributed by atoms with Crippen LogP contribution in [-0.2, 0) is 11.3 Å². The van der Waals surface area contributed by atoms with E-state index in [-0.39, 0.29) is 12.7 Å². The smallest absolute Gasteiger partial charge is 0.180 e. The number of hydrogen-bond donors (Lipinski definition) is 1. The fraction of sp³-hybridized carbons (Fsp3) is 0.350. The molecule has 0 radical (unpaired) electrons. The largest absolute Gasteiger partial charge is 0.493 e. The van der Waals surface area contributed by atoms with E-state index in [1.165, 1.54) is 0 Å². The van der Waals surface area contributed by atoms with Gasteiger partial charge in [0.05, 0.1) is 18.2 Å². The molecule has 0 saturated carbocycles. The van der Waals surface area contributed by atoms with Gasteiger partial charge in [0.1, 0.15) is 11.6 Å². The normalized spacial score (nSPS) is 16.2. The van der Waals surface area contributed by atoms with Crippen molar-refractivity contribution in [1.82, 2.24) is 5.32 Å². The lowest BCUT2D eigenvalue weighted by molar-refractivity contribution is 0.114. The second-order valence-corrected chi connectivity index (χ2v) is 7.44. The summed E-state index contributed by atoms with van der Waals surface area (Å²) in [6, 6.07) is 11.1. The highest BCUT2D eigenvalue weighted by Crippen LogP contribution is 2.37. The van der Waals surface area contributed by atoms with Crippen LogP contribution in [0.5, 0.6) is 11.5 Å². The molecular weight excluding hydrogens is 405 g/mol. The maximum Gasteiger partial charge on any atom is 0.180 e. The lowest BCUT2D eigenvalue weighted by atomic mass is 10.1. The second-order valence-electron chi connectivity index (χ2n) is 6.21. The number of rotatable bonds is 7. The molecule has 0 unspecified atom stereocenters. The van der Waals surface area contributed by atoms with Gasteiger partial charge in [-0.2, -0.15) is 0 Å². The zero-order valence-electron chi connectivity index (χ0n) is 15.0. The summed E-state index contributed by atoms with van der Waals surface area (Å²) < 4.78 is 16.9. The van der Waals surface area contributed by atoms with Crippen molar-refractivity contribution < 1.29 is 14.2 Å². The van der Waals surface area contributed by atoms with Crippen molar-refractivity contribution in [3.63, 3.8) is 0 Å². The Morgan fingerprint density at radius 2 is 2.07 bits per heavy atom. The molecule has 1 N–H and O–H groups in total. The number of methoxy groups -OCH3 is 1. The Balaban J connectivity index is 1.70. The number of hydrogen-bond acceptors (Lipinski definition) is 4. The Morgan fingerprint density at radius 1 is 1.26 bits per heavy atom. The summed E-state index contributed by atoms with van der Waals surface area (Å²) in [6.07, 6.45) is 2.35. The van der Waals surface area contributed by atoms with E-state index >= 15 is 0 Å². The van der Waals surface area contributed by atoms with Crippen LogP contribution in [0.1, 0.15) is 24.0 Å². The summed E-state index contributed by atoms with van der Waals surface area (Å²) in [5.41, 5.74) is 1.64. The van der Waals surface area contributed by atoms with Crippen LogP contribution < -0.4 is 14.8 Å². The lowest BCUT2D eigenvalue weighted by Crippen LogP contribution is -2.31. The first-order valence-electron chi connectivity index (χ1n) is 8.72. The third-order valence-corrected chi connectivity index (χ3v) is 5.37. The lowest BCUT2D eigenvalue weighted by Gasteiger charge is -2.17. The Morgan fingerprint density at radius 3 is 2.78 bits per heavy atom. The van der Waals surface area contributed by atoms with E-state index in [0.29, 0.717) is 33.1 Å². The summed E-state index contributed by atoms with van der Waals surface area (Å²) in [4.78, 5) is 0.600. The molecule has 0 bridgehead atoms. The molecule has 0 amide bonds. The third kappa shape index (κ3) is 5.26. The van der Waals surface area contributed by atoms with Gasteiger partial charge in [-0.25, -0.2) is 0 Å². The molecule has 1 aliphatic rings. The van der Waals surface area contributed by atoms with E-state index in [1.54, 1.807) is 13.2 Å². The molecular formula is C20H21Cl2NO3S. The molecule has 7 heteroatoms. The Kier molecular flexibility index (Phi) is 7.19. The van der Waals surface area contributed by atoms with Crippen LogP contribution in [0.25, 0.3) is 0 Å². The minimum Gasteiger partial charge on any atom is -0.493 e. The van der Waals surface area contributed by atoms with Crippen LogP contribution in [0.2, 0.25) is 10.0 Å². The Bertz CT molecular complexity index is 810. The van der Waals surface area contributed by atoms with Gasteiger partial charge in [-0.15, -0.1) is 0 Å². The SMILES string of the molecule is COc1cc(C(=S)NC[C@@H]2CCCO2)cc(Cl)c1OCc1ccccc1Cl. The highest BCUT2D eigenvalue weighted by Gasteiger charge is 2.18. The number of ether oxygens (including phenoxy) is 3. The van der Waals surface area contributed by atoms with Crippen LogP contribution in [0.15, 0.2) is 36.4 Å². The van der Waals surface area contributed by atoms with Gasteiger partial charge in [0.25, 0.3) is 0 Å². The Labute approximate surface area is 174 Å². The minimum absolute atomic E-state index is 0.207. The predicted molar refractivity (Wildman–Crippen MR) is 112 cm³/mol. The molecule has 1 atom stereocenters. The van der Waals surface area contributed by atoms with E-state index in [4.69, 9.17) is 49.6 Å². The fourth-order valence-corrected chi connectivity index (χ4v) is 3.53. The summed E-state index contributed by atoms with van der Waals surface area (Å²) in [6.45, 7) is 1.79. The molecule has 0 aromatic heterocycles. The number of halogens is 2. The number of thiocarbonyl (C=S) groups is 1. The summed E-state index contributed by atoms with van der Waals surface area (Å²) in [7, 11) is 1.57. The second kappa shape index (κ2) is 9.60. The molecule has 0 aliphatic carbocycles. The number of nitrogens with one attached hydrogen (secondary N) is 1. The molecule has 4 nitrogen and oxygen atoms in total. The highest BCUT2D eigenvalue weighted by molar-refractivity contribution is 7.80. The summed E-state index contributed by atoms with van der Waals surface area (Å²) in [5, 5.41) is 4.31. The zero-order valence-corrected chi connectivity index (χ0v) is 17.3. The van der Waals surface area contributed by atoms with Crippen molar-refractivity contribution in [2.24, 2.45) is 0 Å². The van der Waals surface area contributed by atoms with Gasteiger partial charge in [-0.1, -0.05) is 53.6 Å². The van der Waals surface area contributed by atoms with E-state index < -0.39 is 0 Å². The van der Waals surface area contributed by atoms with Crippen molar-refractivity contribution in [2.75, 3.05) is 20.3 Å². The van der Waals surface area contributed by atoms with Crippen molar-refractivity contribution in [3.05, 3.63) is 57.6 Å². The maximum atomic E-state index is 6.44. The average Bonchev–Trinajstić information content (AvgIpc) is 3.19. The fourth-order valence-electron chi connectivity index (χ4n) is 2.87. The quantitative estimate of drug-likeness (QED) is 0.630. The van der Waals surface area contributed by atoms with Crippen LogP contribution in [0, 0.1) is 0 Å². The van der Waals surface area contributed by atoms with Gasteiger partial charge in [0, 0.05) is 29.3 Å². The van der Waals surface area contributed by atoms with Crippen molar-refractivity contribution in [2.45, 2.75) is 25.6 Å². The van der Waals surface area contributed by atoms with Gasteiger partial charge in [-0.05, 0) is 31.0 Å². The standard InChI is InChI=1S/C20H21Cl2NO3S/c1-24-18-10-14(20(27)23-11-15-6-4-8-25-15)9-17(22)19(18)26-12-13-5-2-3-7-16(13)21/h2-3,5,7,9-10,15H,4,6,8,11-12H2,1H3,(H,23,27)/t15-/m0/s1. The van der Waals surface area contributed by atoms with Crippen LogP contribution in [0.3, 0.4) is 0 Å². The molecule has 1 heterocycles. The van der Waals surface area contributed by atoms with Crippen LogP contribution >= 0.6 is 35.4 Å². The van der Waals surface area contributed by atoms with Crippen molar-refractivity contribution in [1.29, 1.82) is 0 Å². The van der Waals surface area contributed by atoms with Gasteiger partial charge in [0.2, 0.25) is 0 Å². The van der Waals surface area contributed by atoms with E-state index in [0.717, 1.165) is 30.6 Å². The first kappa shape index (κ1) is 20.2. The monoisotopic (exact) mass is 425 g/mol. The Hall–Kier alpha value is -1.53. The van der Waals surface area contributed by atoms with Crippen LogP contribution in [0.4, 0.5) is 0 Å². The third-order valence-electron chi connectivity index (χ3n) is 4.34. The molecule has 1 fully saturated rings. The van der Waals surface area contributed by atoms with Gasteiger partial charge >= 0.3 is 0 Å². The molecule has 1 saturated heterocycles. The summed E-state index contributed by atoms with van der Waals surface area (Å²) >= 11 is 18.1. The zero-order chi connectivity index (χ0) is 19.2. The molecule has 2 aromatic carbocycles. The first-order valence-corrected chi connectivity index (χ1v) is 9.88. The minimum atomic E-state index is 0.207. The van der Waals surface area contributed by atoms with E-state index in [2.05, 4.69) is 5.32 Å².